The van der Waals surface area contributed by atoms with E-state index in [0.717, 1.165) is 49.4 Å². The zero-order chi connectivity index (χ0) is 15.2. The number of carboxylic acids is 1. The molecule has 2 rings (SSSR count). The van der Waals surface area contributed by atoms with Crippen molar-refractivity contribution in [2.45, 2.75) is 19.8 Å². The second-order valence-corrected chi connectivity index (χ2v) is 5.67. The predicted octanol–water partition coefficient (Wildman–Crippen LogP) is 2.96. The number of rotatable bonds is 5. The minimum absolute atomic E-state index is 0.640. The van der Waals surface area contributed by atoms with Crippen LogP contribution in [0.15, 0.2) is 24.3 Å². The maximum absolute atomic E-state index is 10.7. The summed E-state index contributed by atoms with van der Waals surface area (Å²) in [5.74, 6) is -0.282. The summed E-state index contributed by atoms with van der Waals surface area (Å²) in [7, 11) is 2.07. The highest BCUT2D eigenvalue weighted by molar-refractivity contribution is 5.87. The van der Waals surface area contributed by atoms with E-state index in [4.69, 9.17) is 9.84 Å². The molecule has 0 aliphatic carbocycles. The van der Waals surface area contributed by atoms with E-state index in [9.17, 15) is 4.79 Å². The number of aryl methyl sites for hydroxylation is 1. The third-order valence-electron chi connectivity index (χ3n) is 3.87. The van der Waals surface area contributed by atoms with Crippen molar-refractivity contribution in [3.63, 3.8) is 0 Å². The first-order chi connectivity index (χ1) is 10.1. The second kappa shape index (κ2) is 7.27. The minimum atomic E-state index is -0.922. The van der Waals surface area contributed by atoms with Crippen LogP contribution in [0.25, 0.3) is 6.08 Å². The molecule has 0 bridgehead atoms. The van der Waals surface area contributed by atoms with Gasteiger partial charge in [-0.1, -0.05) is 11.6 Å². The molecule has 1 aromatic rings. The van der Waals surface area contributed by atoms with E-state index >= 15 is 0 Å². The van der Waals surface area contributed by atoms with Crippen molar-refractivity contribution >= 4 is 17.7 Å². The molecule has 0 saturated carbocycles. The molecule has 4 nitrogen and oxygen atoms in total. The highest BCUT2D eigenvalue weighted by Crippen LogP contribution is 2.25. The van der Waals surface area contributed by atoms with E-state index in [1.54, 1.807) is 6.08 Å². The summed E-state index contributed by atoms with van der Waals surface area (Å²) in [6, 6.07) is 6.15. The highest BCUT2D eigenvalue weighted by atomic mass is 16.5. The lowest BCUT2D eigenvalue weighted by atomic mass is 9.99. The molecule has 4 heteroatoms. The Morgan fingerprint density at radius 1 is 1.43 bits per heavy atom. The zero-order valence-corrected chi connectivity index (χ0v) is 12.7. The quantitative estimate of drug-likeness (QED) is 0.847. The van der Waals surface area contributed by atoms with E-state index in [1.165, 1.54) is 6.08 Å². The van der Waals surface area contributed by atoms with Gasteiger partial charge in [0.05, 0.1) is 0 Å². The van der Waals surface area contributed by atoms with Gasteiger partial charge in [0.2, 0.25) is 0 Å². The Balaban J connectivity index is 2.14. The fourth-order valence-corrected chi connectivity index (χ4v) is 2.73. The molecule has 0 amide bonds. The van der Waals surface area contributed by atoms with Gasteiger partial charge in [-0.25, -0.2) is 4.79 Å². The molecule has 1 heterocycles. The SMILES string of the molecule is Cc1ccc(N(C)CC2CCOCC2)c(/C=C/C(=O)O)c1. The zero-order valence-electron chi connectivity index (χ0n) is 12.7. The normalized spacial score (nSPS) is 16.3. The molecule has 1 N–H and O–H groups in total. The van der Waals surface area contributed by atoms with Crippen LogP contribution in [0.5, 0.6) is 0 Å². The van der Waals surface area contributed by atoms with Crippen molar-refractivity contribution < 1.29 is 14.6 Å². The number of nitrogens with zero attached hydrogens (tertiary/aromatic N) is 1. The monoisotopic (exact) mass is 289 g/mol. The molecule has 1 fully saturated rings. The van der Waals surface area contributed by atoms with Crippen molar-refractivity contribution in [2.75, 3.05) is 31.7 Å². The van der Waals surface area contributed by atoms with Crippen LogP contribution in [0, 0.1) is 12.8 Å². The summed E-state index contributed by atoms with van der Waals surface area (Å²) < 4.78 is 5.40. The summed E-state index contributed by atoms with van der Waals surface area (Å²) in [5, 5.41) is 8.82. The molecule has 0 aromatic heterocycles. The van der Waals surface area contributed by atoms with Crippen LogP contribution >= 0.6 is 0 Å². The molecular weight excluding hydrogens is 266 g/mol. The molecule has 21 heavy (non-hydrogen) atoms. The summed E-state index contributed by atoms with van der Waals surface area (Å²) in [6.07, 6.45) is 5.05. The van der Waals surface area contributed by atoms with Gasteiger partial charge in [-0.3, -0.25) is 0 Å². The molecule has 114 valence electrons. The topological polar surface area (TPSA) is 49.8 Å². The second-order valence-electron chi connectivity index (χ2n) is 5.67. The van der Waals surface area contributed by atoms with E-state index in [1.807, 2.05) is 13.0 Å². The third-order valence-corrected chi connectivity index (χ3v) is 3.87. The molecule has 0 spiro atoms. The highest BCUT2D eigenvalue weighted by Gasteiger charge is 2.17. The van der Waals surface area contributed by atoms with Gasteiger partial charge in [0.25, 0.3) is 0 Å². The number of carbonyl (C=O) groups is 1. The van der Waals surface area contributed by atoms with Gasteiger partial charge in [0, 0.05) is 38.6 Å². The lowest BCUT2D eigenvalue weighted by Crippen LogP contribution is -2.29. The van der Waals surface area contributed by atoms with Crippen molar-refractivity contribution in [1.29, 1.82) is 0 Å². The summed E-state index contributed by atoms with van der Waals surface area (Å²) in [4.78, 5) is 13.0. The maximum Gasteiger partial charge on any atom is 0.328 e. The molecule has 1 aromatic carbocycles. The lowest BCUT2D eigenvalue weighted by molar-refractivity contribution is -0.131. The molecule has 0 unspecified atom stereocenters. The van der Waals surface area contributed by atoms with Crippen LogP contribution in [0.4, 0.5) is 5.69 Å². The number of hydrogen-bond donors (Lipinski definition) is 1. The van der Waals surface area contributed by atoms with Gasteiger partial charge in [0.15, 0.2) is 0 Å². The van der Waals surface area contributed by atoms with Crippen LogP contribution in [0.1, 0.15) is 24.0 Å². The summed E-state index contributed by atoms with van der Waals surface area (Å²) >= 11 is 0. The number of anilines is 1. The van der Waals surface area contributed by atoms with Gasteiger partial charge in [-0.05, 0) is 49.5 Å². The first-order valence-corrected chi connectivity index (χ1v) is 7.37. The molecular formula is C17H23NO3. The van der Waals surface area contributed by atoms with Crippen LogP contribution in [-0.2, 0) is 9.53 Å². The van der Waals surface area contributed by atoms with Crippen molar-refractivity contribution in [3.8, 4) is 0 Å². The Morgan fingerprint density at radius 3 is 2.81 bits per heavy atom. The van der Waals surface area contributed by atoms with Gasteiger partial charge in [-0.15, -0.1) is 0 Å². The smallest absolute Gasteiger partial charge is 0.328 e. The molecule has 0 atom stereocenters. The lowest BCUT2D eigenvalue weighted by Gasteiger charge is -2.29. The largest absolute Gasteiger partial charge is 0.478 e. The molecule has 1 aliphatic heterocycles. The number of carboxylic acid groups (broad SMARTS) is 1. The molecule has 1 saturated heterocycles. The molecule has 1 aliphatic rings. The van der Waals surface area contributed by atoms with Crippen molar-refractivity contribution in [2.24, 2.45) is 5.92 Å². The van der Waals surface area contributed by atoms with Crippen LogP contribution in [-0.4, -0.2) is 37.9 Å². The Kier molecular flexibility index (Phi) is 5.39. The van der Waals surface area contributed by atoms with Crippen molar-refractivity contribution in [1.82, 2.24) is 0 Å². The predicted molar refractivity (Wildman–Crippen MR) is 84.7 cm³/mol. The third kappa shape index (κ3) is 4.60. The first kappa shape index (κ1) is 15.6. The average molecular weight is 289 g/mol. The minimum Gasteiger partial charge on any atom is -0.478 e. The first-order valence-electron chi connectivity index (χ1n) is 7.37. The fourth-order valence-electron chi connectivity index (χ4n) is 2.73. The van der Waals surface area contributed by atoms with Gasteiger partial charge >= 0.3 is 5.97 Å². The standard InChI is InChI=1S/C17H23NO3/c1-13-3-5-16(15(11-13)4-6-17(19)20)18(2)12-14-7-9-21-10-8-14/h3-6,11,14H,7-10,12H2,1-2H3,(H,19,20)/b6-4+. The van der Waals surface area contributed by atoms with E-state index in [0.29, 0.717) is 5.92 Å². The Bertz CT molecular complexity index is 519. The van der Waals surface area contributed by atoms with Crippen LogP contribution in [0.3, 0.4) is 0 Å². The summed E-state index contributed by atoms with van der Waals surface area (Å²) in [6.45, 7) is 4.68. The van der Waals surface area contributed by atoms with E-state index < -0.39 is 5.97 Å². The van der Waals surface area contributed by atoms with Gasteiger partial charge in [0.1, 0.15) is 0 Å². The Hall–Kier alpha value is -1.81. The Labute approximate surface area is 126 Å². The van der Waals surface area contributed by atoms with Gasteiger partial charge < -0.3 is 14.7 Å². The van der Waals surface area contributed by atoms with E-state index in [2.05, 4.69) is 24.1 Å². The molecule has 0 radical (unpaired) electrons. The number of benzene rings is 1. The number of aliphatic carboxylic acids is 1. The van der Waals surface area contributed by atoms with Crippen LogP contribution < -0.4 is 4.90 Å². The maximum atomic E-state index is 10.7. The summed E-state index contributed by atoms with van der Waals surface area (Å²) in [5.41, 5.74) is 3.15. The fraction of sp³-hybridized carbons (Fsp3) is 0.471. The number of ether oxygens (including phenoxy) is 1. The van der Waals surface area contributed by atoms with Gasteiger partial charge in [-0.2, -0.15) is 0 Å². The van der Waals surface area contributed by atoms with Crippen LogP contribution in [0.2, 0.25) is 0 Å². The van der Waals surface area contributed by atoms with Crippen molar-refractivity contribution in [3.05, 3.63) is 35.4 Å². The average Bonchev–Trinajstić information content (AvgIpc) is 2.46. The van der Waals surface area contributed by atoms with E-state index in [-0.39, 0.29) is 0 Å². The Morgan fingerprint density at radius 2 is 2.14 bits per heavy atom. The number of hydrogen-bond acceptors (Lipinski definition) is 3.